The first-order valence-corrected chi connectivity index (χ1v) is 10.4. The smallest absolute Gasteiger partial charge is 0.231 e. The Kier molecular flexibility index (Phi) is 4.43. The molecule has 0 atom stereocenters. The van der Waals surface area contributed by atoms with Crippen molar-refractivity contribution in [3.05, 3.63) is 77.4 Å². The Hall–Kier alpha value is -3.39. The first kappa shape index (κ1) is 18.6. The Morgan fingerprint density at radius 3 is 2.70 bits per heavy atom. The van der Waals surface area contributed by atoms with Gasteiger partial charge in [0.1, 0.15) is 5.82 Å². The summed E-state index contributed by atoms with van der Waals surface area (Å²) < 4.78 is 17.2. The lowest BCUT2D eigenvalue weighted by atomic mass is 10.2. The van der Waals surface area contributed by atoms with E-state index in [0.29, 0.717) is 16.5 Å². The highest BCUT2D eigenvalue weighted by atomic mass is 32.2. The minimum atomic E-state index is -0.286. The number of carbonyl (C=O) groups is 1. The van der Waals surface area contributed by atoms with Crippen LogP contribution >= 0.6 is 11.8 Å². The highest BCUT2D eigenvalue weighted by Crippen LogP contribution is 2.26. The van der Waals surface area contributed by atoms with Crippen LogP contribution in [-0.2, 0) is 0 Å². The van der Waals surface area contributed by atoms with Gasteiger partial charge < -0.3 is 4.57 Å². The third kappa shape index (κ3) is 3.00. The molecule has 0 unspecified atom stereocenters. The van der Waals surface area contributed by atoms with Gasteiger partial charge in [0.2, 0.25) is 5.78 Å². The van der Waals surface area contributed by atoms with Crippen molar-refractivity contribution < 1.29 is 9.18 Å². The number of Topliss-reactive ketones (excluding diaryl/α,β-unsaturated/α-hetero) is 1. The zero-order chi connectivity index (χ0) is 20.8. The maximum absolute atomic E-state index is 13.3. The average molecular weight is 419 g/mol. The van der Waals surface area contributed by atoms with Gasteiger partial charge in [0, 0.05) is 22.6 Å². The van der Waals surface area contributed by atoms with Crippen molar-refractivity contribution in [2.24, 2.45) is 0 Å². The van der Waals surface area contributed by atoms with Crippen LogP contribution in [-0.4, -0.2) is 35.7 Å². The summed E-state index contributed by atoms with van der Waals surface area (Å²) in [6.07, 6.45) is 0. The Labute approximate surface area is 175 Å². The molecule has 0 amide bonds. The molecule has 2 aromatic carbocycles. The minimum Gasteiger partial charge on any atom is -0.318 e. The van der Waals surface area contributed by atoms with Gasteiger partial charge in [-0.3, -0.25) is 9.20 Å². The number of H-pyrrole nitrogens is 1. The number of hydrogen-bond donors (Lipinski definition) is 1. The van der Waals surface area contributed by atoms with Crippen molar-refractivity contribution in [3.63, 3.8) is 0 Å². The van der Waals surface area contributed by atoms with E-state index in [1.807, 2.05) is 53.1 Å². The van der Waals surface area contributed by atoms with Crippen LogP contribution in [0.3, 0.4) is 0 Å². The molecule has 8 heteroatoms. The molecular formula is C22H18FN5OS. The van der Waals surface area contributed by atoms with E-state index in [4.69, 9.17) is 0 Å². The molecule has 3 heterocycles. The molecule has 0 aliphatic carbocycles. The van der Waals surface area contributed by atoms with Gasteiger partial charge in [-0.15, -0.1) is 5.10 Å². The topological polar surface area (TPSA) is 68.0 Å². The highest BCUT2D eigenvalue weighted by molar-refractivity contribution is 7.99. The number of nitrogens with one attached hydrogen (secondary N) is 1. The van der Waals surface area contributed by atoms with Crippen LogP contribution in [0.25, 0.3) is 22.5 Å². The number of nitrogens with zero attached hydrogens (tertiary/aromatic N) is 4. The first-order valence-electron chi connectivity index (χ1n) is 9.45. The minimum absolute atomic E-state index is 0.0158. The van der Waals surface area contributed by atoms with Gasteiger partial charge >= 0.3 is 0 Å². The lowest BCUT2D eigenvalue weighted by Crippen LogP contribution is -2.06. The van der Waals surface area contributed by atoms with Crippen LogP contribution in [0, 0.1) is 19.7 Å². The SMILES string of the molecule is Cc1cc(C(=O)CSc2n[nH]c3nc4ccccc4n23)c(C)n1-c1ccc(F)cc1. The monoisotopic (exact) mass is 419 g/mol. The van der Waals surface area contributed by atoms with Crippen LogP contribution in [0.2, 0.25) is 0 Å². The van der Waals surface area contributed by atoms with Gasteiger partial charge in [0.15, 0.2) is 10.9 Å². The van der Waals surface area contributed by atoms with E-state index >= 15 is 0 Å². The molecule has 0 aliphatic rings. The third-order valence-corrected chi connectivity index (χ3v) is 6.09. The fraction of sp³-hybridized carbons (Fsp3) is 0.136. The molecule has 0 aliphatic heterocycles. The molecule has 30 heavy (non-hydrogen) atoms. The number of halogens is 1. The predicted octanol–water partition coefficient (Wildman–Crippen LogP) is 4.73. The second kappa shape index (κ2) is 7.14. The summed E-state index contributed by atoms with van der Waals surface area (Å²) in [4.78, 5) is 17.5. The standard InChI is InChI=1S/C22H18FN5OS/c1-13-11-17(14(2)27(13)16-9-7-15(23)8-10-16)20(29)12-30-22-26-25-21-24-18-5-3-4-6-19(18)28(21)22/h3-11H,12H2,1-2H3,(H,24,25). The summed E-state index contributed by atoms with van der Waals surface area (Å²) in [5, 5.41) is 7.94. The Bertz CT molecular complexity index is 1400. The number of rotatable bonds is 5. The maximum atomic E-state index is 13.3. The van der Waals surface area contributed by atoms with Crippen molar-refractivity contribution in [3.8, 4) is 5.69 Å². The lowest BCUT2D eigenvalue weighted by molar-refractivity contribution is 0.102. The number of para-hydroxylation sites is 2. The molecule has 0 radical (unpaired) electrons. The van der Waals surface area contributed by atoms with Gasteiger partial charge in [-0.2, -0.15) is 0 Å². The first-order chi connectivity index (χ1) is 14.5. The Balaban J connectivity index is 1.42. The molecule has 5 rings (SSSR count). The van der Waals surface area contributed by atoms with E-state index in [1.165, 1.54) is 23.9 Å². The van der Waals surface area contributed by atoms with E-state index in [-0.39, 0.29) is 17.4 Å². The normalized spacial score (nSPS) is 11.6. The van der Waals surface area contributed by atoms with Crippen LogP contribution in [0.5, 0.6) is 0 Å². The second-order valence-corrected chi connectivity index (χ2v) is 8.02. The van der Waals surface area contributed by atoms with E-state index in [2.05, 4.69) is 15.2 Å². The number of hydrogen-bond acceptors (Lipinski definition) is 4. The van der Waals surface area contributed by atoms with Crippen molar-refractivity contribution in [2.45, 2.75) is 19.0 Å². The summed E-state index contributed by atoms with van der Waals surface area (Å²) in [5.41, 5.74) is 5.08. The number of thioether (sulfide) groups is 1. The Morgan fingerprint density at radius 2 is 1.90 bits per heavy atom. The van der Waals surface area contributed by atoms with Crippen LogP contribution in [0.1, 0.15) is 21.7 Å². The van der Waals surface area contributed by atoms with E-state index in [9.17, 15) is 9.18 Å². The molecule has 0 saturated carbocycles. The zero-order valence-electron chi connectivity index (χ0n) is 16.4. The largest absolute Gasteiger partial charge is 0.318 e. The maximum Gasteiger partial charge on any atom is 0.231 e. The number of benzene rings is 2. The summed E-state index contributed by atoms with van der Waals surface area (Å²) in [5.74, 6) is 0.633. The zero-order valence-corrected chi connectivity index (χ0v) is 17.2. The number of aryl methyl sites for hydroxylation is 1. The van der Waals surface area contributed by atoms with Gasteiger partial charge in [-0.25, -0.2) is 14.5 Å². The van der Waals surface area contributed by atoms with Crippen molar-refractivity contribution in [1.82, 2.24) is 24.1 Å². The molecule has 3 aromatic heterocycles. The fourth-order valence-corrected chi connectivity index (χ4v) is 4.62. The molecule has 0 spiro atoms. The number of aromatic nitrogens is 5. The van der Waals surface area contributed by atoms with Gasteiger partial charge in [-0.05, 0) is 56.3 Å². The predicted molar refractivity (Wildman–Crippen MR) is 115 cm³/mol. The molecule has 5 aromatic rings. The van der Waals surface area contributed by atoms with Crippen LogP contribution in [0.4, 0.5) is 4.39 Å². The fourth-order valence-electron chi connectivity index (χ4n) is 3.78. The number of fused-ring (bicyclic) bond motifs is 3. The summed E-state index contributed by atoms with van der Waals surface area (Å²) in [7, 11) is 0. The van der Waals surface area contributed by atoms with E-state index in [1.54, 1.807) is 12.1 Å². The molecule has 0 fully saturated rings. The number of ketones is 1. The highest BCUT2D eigenvalue weighted by Gasteiger charge is 2.19. The Morgan fingerprint density at radius 1 is 1.13 bits per heavy atom. The van der Waals surface area contributed by atoms with Crippen molar-refractivity contribution in [1.29, 1.82) is 0 Å². The summed E-state index contributed by atoms with van der Waals surface area (Å²) in [6.45, 7) is 3.85. The van der Waals surface area contributed by atoms with E-state index < -0.39 is 0 Å². The molecule has 0 bridgehead atoms. The number of imidazole rings is 1. The van der Waals surface area contributed by atoms with Crippen molar-refractivity contribution in [2.75, 3.05) is 5.75 Å². The van der Waals surface area contributed by atoms with Gasteiger partial charge in [0.25, 0.3) is 0 Å². The van der Waals surface area contributed by atoms with Crippen LogP contribution < -0.4 is 0 Å². The number of aromatic amines is 1. The molecule has 6 nitrogen and oxygen atoms in total. The third-order valence-electron chi connectivity index (χ3n) is 5.15. The van der Waals surface area contributed by atoms with Crippen molar-refractivity contribution >= 4 is 34.4 Å². The molecule has 0 saturated heterocycles. The second-order valence-electron chi connectivity index (χ2n) is 7.07. The quantitative estimate of drug-likeness (QED) is 0.330. The molecule has 1 N–H and O–H groups in total. The summed E-state index contributed by atoms with van der Waals surface area (Å²) >= 11 is 1.37. The van der Waals surface area contributed by atoms with Gasteiger partial charge in [0.05, 0.1) is 16.8 Å². The van der Waals surface area contributed by atoms with E-state index in [0.717, 1.165) is 28.1 Å². The van der Waals surface area contributed by atoms with Crippen LogP contribution in [0.15, 0.2) is 59.8 Å². The molecule has 150 valence electrons. The molecular weight excluding hydrogens is 401 g/mol. The average Bonchev–Trinajstić information content (AvgIpc) is 3.39. The van der Waals surface area contributed by atoms with Gasteiger partial charge in [-0.1, -0.05) is 23.9 Å². The summed E-state index contributed by atoms with van der Waals surface area (Å²) in [6, 6.07) is 16.0. The number of carbonyl (C=O) groups excluding carboxylic acids is 1. The lowest BCUT2D eigenvalue weighted by Gasteiger charge is -2.09.